The van der Waals surface area contributed by atoms with Crippen LogP contribution in [-0.4, -0.2) is 38.0 Å². The van der Waals surface area contributed by atoms with E-state index in [1.165, 1.54) is 12.3 Å². The molecule has 11 heteroatoms. The van der Waals surface area contributed by atoms with Crippen LogP contribution in [0.3, 0.4) is 0 Å². The molecule has 3 aliphatic carbocycles. The zero-order valence-electron chi connectivity index (χ0n) is 23.8. The van der Waals surface area contributed by atoms with E-state index in [0.717, 1.165) is 31.7 Å². The Balaban J connectivity index is 1.26. The molecule has 9 nitrogen and oxygen atoms in total. The third-order valence-electron chi connectivity index (χ3n) is 9.37. The first kappa shape index (κ1) is 27.2. The van der Waals surface area contributed by atoms with Crippen LogP contribution in [0.5, 0.6) is 11.5 Å². The van der Waals surface area contributed by atoms with Gasteiger partial charge in [-0.3, -0.25) is 9.59 Å². The summed E-state index contributed by atoms with van der Waals surface area (Å²) in [7, 11) is 0. The molecule has 3 heterocycles. The van der Waals surface area contributed by atoms with Gasteiger partial charge >= 0.3 is 5.97 Å². The molecule has 2 aromatic heterocycles. The Bertz CT molecular complexity index is 2020. The van der Waals surface area contributed by atoms with Gasteiger partial charge in [-0.25, -0.2) is 18.7 Å². The predicted molar refractivity (Wildman–Crippen MR) is 163 cm³/mol. The fourth-order valence-electron chi connectivity index (χ4n) is 7.23. The summed E-state index contributed by atoms with van der Waals surface area (Å²) in [6.07, 6.45) is 5.17. The lowest BCUT2D eigenvalue weighted by atomic mass is 9.61. The standard InChI is InChI=1S/C34H27F2N5O4/c35-19-12-21-22(15-37-31(21)23(36)13-19)32-38-25(14-28(41-32)40-30-17-7-5-16(6-8-17)29(30)34(43)44)18-9-10-20-27(11-18)45-26-4-2-1-3-24(26)39-33(20)42/h1-4,9-17,29-30,37H,5-8H2,(H,39,42)(H,43,44)(H,38,40,41)/t16?,17?,29-,30?/m1/s1. The first-order valence-electron chi connectivity index (χ1n) is 14.9. The lowest BCUT2D eigenvalue weighted by molar-refractivity contribution is -0.148. The Morgan fingerprint density at radius 3 is 2.56 bits per heavy atom. The maximum Gasteiger partial charge on any atom is 0.308 e. The van der Waals surface area contributed by atoms with E-state index in [-0.39, 0.29) is 40.5 Å². The van der Waals surface area contributed by atoms with Gasteiger partial charge in [0.15, 0.2) is 11.6 Å². The number of carboxylic acid groups (broad SMARTS) is 1. The Morgan fingerprint density at radius 2 is 1.73 bits per heavy atom. The van der Waals surface area contributed by atoms with E-state index in [1.54, 1.807) is 42.5 Å². The van der Waals surface area contributed by atoms with E-state index in [1.807, 2.05) is 6.07 Å². The molecule has 45 heavy (non-hydrogen) atoms. The number of benzene rings is 3. The van der Waals surface area contributed by atoms with Crippen molar-refractivity contribution in [2.75, 3.05) is 10.6 Å². The van der Waals surface area contributed by atoms with Crippen molar-refractivity contribution in [3.63, 3.8) is 0 Å². The third-order valence-corrected chi connectivity index (χ3v) is 9.37. The number of hydrogen-bond donors (Lipinski definition) is 4. The number of aromatic nitrogens is 3. The molecule has 1 aliphatic heterocycles. The second-order valence-electron chi connectivity index (χ2n) is 11.9. The van der Waals surface area contributed by atoms with E-state index in [2.05, 4.69) is 15.6 Å². The van der Waals surface area contributed by atoms with E-state index < -0.39 is 23.5 Å². The van der Waals surface area contributed by atoms with Crippen molar-refractivity contribution in [2.45, 2.75) is 31.7 Å². The molecule has 3 saturated carbocycles. The summed E-state index contributed by atoms with van der Waals surface area (Å²) >= 11 is 0. The van der Waals surface area contributed by atoms with Crippen LogP contribution in [0.1, 0.15) is 36.0 Å². The molecular formula is C34H27F2N5O4. The maximum atomic E-state index is 14.6. The number of nitrogens with zero attached hydrogens (tertiary/aromatic N) is 2. The van der Waals surface area contributed by atoms with E-state index in [4.69, 9.17) is 14.7 Å². The van der Waals surface area contributed by atoms with Crippen molar-refractivity contribution in [3.8, 4) is 34.1 Å². The Labute approximate surface area is 255 Å². The fourth-order valence-corrected chi connectivity index (χ4v) is 7.23. The van der Waals surface area contributed by atoms with Gasteiger partial charge in [-0.05, 0) is 67.9 Å². The highest BCUT2D eigenvalue weighted by Crippen LogP contribution is 2.47. The number of anilines is 2. The Morgan fingerprint density at radius 1 is 0.933 bits per heavy atom. The molecule has 1 amide bonds. The fraction of sp³-hybridized carbons (Fsp3) is 0.235. The van der Waals surface area contributed by atoms with Gasteiger partial charge in [-0.2, -0.15) is 0 Å². The SMILES string of the molecule is O=C1Nc2ccccc2Oc2cc(-c3cc(NC4C5CCC(CC5)[C@H]4C(=O)O)nc(-c4c[nH]c5c(F)cc(F)cc45)n3)ccc21. The van der Waals surface area contributed by atoms with Gasteiger partial charge in [0.25, 0.3) is 5.91 Å². The van der Waals surface area contributed by atoms with Crippen LogP contribution >= 0.6 is 0 Å². The van der Waals surface area contributed by atoms with Crippen molar-refractivity contribution in [2.24, 2.45) is 17.8 Å². The van der Waals surface area contributed by atoms with Crippen LogP contribution in [0.4, 0.5) is 20.3 Å². The average molecular weight is 608 g/mol. The number of halogens is 2. The van der Waals surface area contributed by atoms with Gasteiger partial charge < -0.3 is 25.5 Å². The third kappa shape index (κ3) is 4.66. The summed E-state index contributed by atoms with van der Waals surface area (Å²) < 4.78 is 35.1. The van der Waals surface area contributed by atoms with Crippen LogP contribution in [0.2, 0.25) is 0 Å². The smallest absolute Gasteiger partial charge is 0.308 e. The van der Waals surface area contributed by atoms with Gasteiger partial charge in [0.2, 0.25) is 0 Å². The zero-order chi connectivity index (χ0) is 30.8. The number of amides is 1. The number of aliphatic carboxylic acids is 1. The summed E-state index contributed by atoms with van der Waals surface area (Å²) in [5.41, 5.74) is 2.44. The molecule has 3 fully saturated rings. The Kier molecular flexibility index (Phi) is 6.29. The molecule has 2 atom stereocenters. The molecule has 0 radical (unpaired) electrons. The van der Waals surface area contributed by atoms with Gasteiger partial charge in [0.05, 0.1) is 28.4 Å². The normalized spacial score (nSPS) is 21.8. The molecule has 4 N–H and O–H groups in total. The van der Waals surface area contributed by atoms with E-state index in [0.29, 0.717) is 45.4 Å². The molecule has 1 unspecified atom stereocenters. The topological polar surface area (TPSA) is 129 Å². The van der Waals surface area contributed by atoms with Gasteiger partial charge in [0.1, 0.15) is 23.2 Å². The summed E-state index contributed by atoms with van der Waals surface area (Å²) in [6, 6.07) is 15.7. The van der Waals surface area contributed by atoms with Crippen molar-refractivity contribution in [1.82, 2.24) is 15.0 Å². The number of fused-ring (bicyclic) bond motifs is 6. The molecule has 9 rings (SSSR count). The monoisotopic (exact) mass is 607 g/mol. The summed E-state index contributed by atoms with van der Waals surface area (Å²) in [5, 5.41) is 16.7. The van der Waals surface area contributed by atoms with Gasteiger partial charge in [-0.1, -0.05) is 18.2 Å². The number of aromatic amines is 1. The first-order valence-corrected chi connectivity index (χ1v) is 14.9. The molecule has 4 aliphatic rings. The summed E-state index contributed by atoms with van der Waals surface area (Å²) in [5.74, 6) is -1.53. The number of ether oxygens (including phenoxy) is 1. The highest BCUT2D eigenvalue weighted by atomic mass is 19.1. The highest BCUT2D eigenvalue weighted by molar-refractivity contribution is 6.08. The predicted octanol–water partition coefficient (Wildman–Crippen LogP) is 7.23. The van der Waals surface area contributed by atoms with Crippen molar-refractivity contribution >= 4 is 34.3 Å². The molecule has 0 spiro atoms. The van der Waals surface area contributed by atoms with Crippen LogP contribution < -0.4 is 15.4 Å². The minimum atomic E-state index is -0.833. The number of nitrogens with one attached hydrogen (secondary N) is 3. The van der Waals surface area contributed by atoms with Crippen LogP contribution in [0.15, 0.2) is 66.9 Å². The largest absolute Gasteiger partial charge is 0.481 e. The number of hydrogen-bond acceptors (Lipinski definition) is 6. The van der Waals surface area contributed by atoms with Crippen molar-refractivity contribution in [3.05, 3.63) is 84.1 Å². The Hall–Kier alpha value is -5.32. The second-order valence-corrected chi connectivity index (χ2v) is 11.9. The summed E-state index contributed by atoms with van der Waals surface area (Å²) in [4.78, 5) is 37.8. The zero-order valence-corrected chi connectivity index (χ0v) is 23.8. The van der Waals surface area contributed by atoms with Gasteiger partial charge in [-0.15, -0.1) is 0 Å². The maximum absolute atomic E-state index is 14.6. The molecule has 2 bridgehead atoms. The number of para-hydroxylation sites is 2. The number of carbonyl (C=O) groups excluding carboxylic acids is 1. The number of carboxylic acids is 1. The van der Waals surface area contributed by atoms with Gasteiger partial charge in [0, 0.05) is 40.9 Å². The first-order chi connectivity index (χ1) is 21.8. The molecule has 5 aromatic rings. The second kappa shape index (κ2) is 10.4. The van der Waals surface area contributed by atoms with E-state index in [9.17, 15) is 23.5 Å². The minimum Gasteiger partial charge on any atom is -0.481 e. The van der Waals surface area contributed by atoms with E-state index >= 15 is 0 Å². The number of carbonyl (C=O) groups is 2. The quantitative estimate of drug-likeness (QED) is 0.166. The lowest BCUT2D eigenvalue weighted by Gasteiger charge is -2.47. The molecule has 226 valence electrons. The molecular weight excluding hydrogens is 580 g/mol. The number of rotatable bonds is 5. The average Bonchev–Trinajstić information content (AvgIpc) is 3.40. The van der Waals surface area contributed by atoms with Crippen molar-refractivity contribution < 1.29 is 28.2 Å². The lowest BCUT2D eigenvalue weighted by Crippen LogP contribution is -2.51. The number of H-pyrrole nitrogens is 1. The summed E-state index contributed by atoms with van der Waals surface area (Å²) in [6.45, 7) is 0. The van der Waals surface area contributed by atoms with Crippen LogP contribution in [0.25, 0.3) is 33.5 Å². The molecule has 3 aromatic carbocycles. The van der Waals surface area contributed by atoms with Crippen molar-refractivity contribution in [1.29, 1.82) is 0 Å². The minimum absolute atomic E-state index is 0.0844. The van der Waals surface area contributed by atoms with Crippen LogP contribution in [-0.2, 0) is 4.79 Å². The molecule has 0 saturated heterocycles. The highest BCUT2D eigenvalue weighted by Gasteiger charge is 2.47. The van der Waals surface area contributed by atoms with Crippen LogP contribution in [0, 0.1) is 29.4 Å².